The molecular weight excluding hydrogens is 271 g/mol. The summed E-state index contributed by atoms with van der Waals surface area (Å²) in [6, 6.07) is 12.1. The first-order chi connectivity index (χ1) is 7.70. The van der Waals surface area contributed by atoms with Crippen LogP contribution in [0.25, 0.3) is 11.1 Å². The van der Waals surface area contributed by atoms with Crippen molar-refractivity contribution in [3.05, 3.63) is 58.3 Å². The standard InChI is InChI=1S/C13H8BrFO/c14-12-4-1-9(2-5-12)10-3-6-13(15)11(7-10)8-16/h1-8H. The van der Waals surface area contributed by atoms with Crippen molar-refractivity contribution in [3.63, 3.8) is 0 Å². The lowest BCUT2D eigenvalue weighted by molar-refractivity contribution is 0.112. The summed E-state index contributed by atoms with van der Waals surface area (Å²) in [5.41, 5.74) is 1.86. The van der Waals surface area contributed by atoms with Crippen LogP contribution in [-0.4, -0.2) is 6.29 Å². The molecule has 0 saturated heterocycles. The fourth-order valence-corrected chi connectivity index (χ4v) is 1.72. The second-order valence-electron chi connectivity index (χ2n) is 3.36. The van der Waals surface area contributed by atoms with Crippen LogP contribution in [-0.2, 0) is 0 Å². The van der Waals surface area contributed by atoms with Gasteiger partial charge in [-0.1, -0.05) is 34.1 Å². The third-order valence-electron chi connectivity index (χ3n) is 2.30. The van der Waals surface area contributed by atoms with E-state index in [4.69, 9.17) is 0 Å². The van der Waals surface area contributed by atoms with Crippen LogP contribution in [0.2, 0.25) is 0 Å². The fourth-order valence-electron chi connectivity index (χ4n) is 1.46. The third-order valence-corrected chi connectivity index (χ3v) is 2.83. The monoisotopic (exact) mass is 278 g/mol. The van der Waals surface area contributed by atoms with Crippen LogP contribution >= 0.6 is 15.9 Å². The molecule has 0 heterocycles. The van der Waals surface area contributed by atoms with Gasteiger partial charge in [0.15, 0.2) is 6.29 Å². The first-order valence-electron chi connectivity index (χ1n) is 4.71. The molecule has 0 N–H and O–H groups in total. The lowest BCUT2D eigenvalue weighted by atomic mass is 10.0. The van der Waals surface area contributed by atoms with E-state index in [0.717, 1.165) is 15.6 Å². The molecule has 0 spiro atoms. The molecule has 0 atom stereocenters. The minimum Gasteiger partial charge on any atom is -0.298 e. The average molecular weight is 279 g/mol. The van der Waals surface area contributed by atoms with Crippen molar-refractivity contribution in [1.82, 2.24) is 0 Å². The van der Waals surface area contributed by atoms with Crippen LogP contribution in [0, 0.1) is 5.82 Å². The van der Waals surface area contributed by atoms with E-state index in [0.29, 0.717) is 6.29 Å². The maximum atomic E-state index is 13.1. The molecule has 1 nitrogen and oxygen atoms in total. The second kappa shape index (κ2) is 4.58. The molecule has 0 radical (unpaired) electrons. The van der Waals surface area contributed by atoms with Crippen molar-refractivity contribution < 1.29 is 9.18 Å². The maximum absolute atomic E-state index is 13.1. The van der Waals surface area contributed by atoms with Gasteiger partial charge in [0.25, 0.3) is 0 Å². The summed E-state index contributed by atoms with van der Waals surface area (Å²) in [5.74, 6) is -0.490. The second-order valence-corrected chi connectivity index (χ2v) is 4.28. The highest BCUT2D eigenvalue weighted by Crippen LogP contribution is 2.23. The van der Waals surface area contributed by atoms with Gasteiger partial charge in [-0.15, -0.1) is 0 Å². The van der Waals surface area contributed by atoms with E-state index < -0.39 is 5.82 Å². The highest BCUT2D eigenvalue weighted by molar-refractivity contribution is 9.10. The summed E-state index contributed by atoms with van der Waals surface area (Å²) in [6.07, 6.45) is 0.525. The number of carbonyl (C=O) groups excluding carboxylic acids is 1. The van der Waals surface area contributed by atoms with Crippen LogP contribution in [0.3, 0.4) is 0 Å². The smallest absolute Gasteiger partial charge is 0.153 e. The lowest BCUT2D eigenvalue weighted by Gasteiger charge is -2.03. The Morgan fingerprint density at radius 3 is 2.25 bits per heavy atom. The first-order valence-corrected chi connectivity index (χ1v) is 5.50. The number of halogens is 2. The van der Waals surface area contributed by atoms with E-state index in [1.807, 2.05) is 24.3 Å². The summed E-state index contributed by atoms with van der Waals surface area (Å²) in [5, 5.41) is 0. The van der Waals surface area contributed by atoms with Gasteiger partial charge in [-0.2, -0.15) is 0 Å². The summed E-state index contributed by atoms with van der Waals surface area (Å²) < 4.78 is 14.1. The molecule has 2 aromatic rings. The van der Waals surface area contributed by atoms with Crippen molar-refractivity contribution in [2.45, 2.75) is 0 Å². The van der Waals surface area contributed by atoms with Crippen molar-refractivity contribution in [2.24, 2.45) is 0 Å². The molecule has 80 valence electrons. The minimum atomic E-state index is -0.490. The SMILES string of the molecule is O=Cc1cc(-c2ccc(Br)cc2)ccc1F. The van der Waals surface area contributed by atoms with E-state index in [1.165, 1.54) is 6.07 Å². The lowest BCUT2D eigenvalue weighted by Crippen LogP contribution is -1.88. The predicted octanol–water partition coefficient (Wildman–Crippen LogP) is 4.07. The van der Waals surface area contributed by atoms with Crippen molar-refractivity contribution in [1.29, 1.82) is 0 Å². The van der Waals surface area contributed by atoms with E-state index in [9.17, 15) is 9.18 Å². The van der Waals surface area contributed by atoms with Gasteiger partial charge < -0.3 is 0 Å². The van der Waals surface area contributed by atoms with Crippen LogP contribution < -0.4 is 0 Å². The minimum absolute atomic E-state index is 0.0837. The molecule has 0 bridgehead atoms. The van der Waals surface area contributed by atoms with E-state index in [-0.39, 0.29) is 5.56 Å². The quantitative estimate of drug-likeness (QED) is 0.757. The van der Waals surface area contributed by atoms with Gasteiger partial charge in [-0.05, 0) is 35.4 Å². The van der Waals surface area contributed by atoms with E-state index >= 15 is 0 Å². The zero-order chi connectivity index (χ0) is 11.5. The predicted molar refractivity (Wildman–Crippen MR) is 64.9 cm³/mol. The van der Waals surface area contributed by atoms with Gasteiger partial charge in [0, 0.05) is 4.47 Å². The largest absolute Gasteiger partial charge is 0.298 e. The molecule has 2 rings (SSSR count). The normalized spacial score (nSPS) is 10.1. The van der Waals surface area contributed by atoms with Crippen molar-refractivity contribution in [2.75, 3.05) is 0 Å². The summed E-state index contributed by atoms with van der Waals surface area (Å²) >= 11 is 3.34. The number of hydrogen-bond donors (Lipinski definition) is 0. The highest BCUT2D eigenvalue weighted by atomic mass is 79.9. The number of rotatable bonds is 2. The molecule has 0 amide bonds. The summed E-state index contributed by atoms with van der Waals surface area (Å²) in [7, 11) is 0. The molecule has 3 heteroatoms. The molecule has 16 heavy (non-hydrogen) atoms. The van der Waals surface area contributed by atoms with Gasteiger partial charge in [0.05, 0.1) is 5.56 Å². The molecule has 0 aromatic heterocycles. The van der Waals surface area contributed by atoms with Crippen molar-refractivity contribution in [3.8, 4) is 11.1 Å². The number of carbonyl (C=O) groups is 1. The van der Waals surface area contributed by atoms with Crippen LogP contribution in [0.5, 0.6) is 0 Å². The molecular formula is C13H8BrFO. The number of aldehydes is 1. The summed E-state index contributed by atoms with van der Waals surface area (Å²) in [4.78, 5) is 10.6. The number of hydrogen-bond acceptors (Lipinski definition) is 1. The Morgan fingerprint density at radius 1 is 1.00 bits per heavy atom. The van der Waals surface area contributed by atoms with Gasteiger partial charge in [0.2, 0.25) is 0 Å². The molecule has 0 saturated carbocycles. The molecule has 0 aliphatic heterocycles. The van der Waals surface area contributed by atoms with E-state index in [1.54, 1.807) is 12.1 Å². The molecule has 0 aliphatic carbocycles. The van der Waals surface area contributed by atoms with Gasteiger partial charge in [0.1, 0.15) is 5.82 Å². The maximum Gasteiger partial charge on any atom is 0.153 e. The zero-order valence-corrected chi connectivity index (χ0v) is 9.87. The average Bonchev–Trinajstić information content (AvgIpc) is 2.31. The number of benzene rings is 2. The van der Waals surface area contributed by atoms with Crippen LogP contribution in [0.1, 0.15) is 10.4 Å². The first kappa shape index (κ1) is 11.0. The van der Waals surface area contributed by atoms with Gasteiger partial charge in [-0.3, -0.25) is 4.79 Å². The molecule has 2 aromatic carbocycles. The Balaban J connectivity index is 2.48. The molecule has 0 aliphatic rings. The fraction of sp³-hybridized carbons (Fsp3) is 0. The highest BCUT2D eigenvalue weighted by Gasteiger charge is 2.03. The Bertz CT molecular complexity index is 520. The van der Waals surface area contributed by atoms with E-state index in [2.05, 4.69) is 15.9 Å². The molecule has 0 fully saturated rings. The zero-order valence-electron chi connectivity index (χ0n) is 8.28. The third kappa shape index (κ3) is 2.19. The van der Waals surface area contributed by atoms with Crippen LogP contribution in [0.4, 0.5) is 4.39 Å². The Kier molecular flexibility index (Phi) is 3.15. The topological polar surface area (TPSA) is 17.1 Å². The van der Waals surface area contributed by atoms with Gasteiger partial charge in [-0.25, -0.2) is 4.39 Å². The van der Waals surface area contributed by atoms with Crippen LogP contribution in [0.15, 0.2) is 46.9 Å². The van der Waals surface area contributed by atoms with Crippen molar-refractivity contribution >= 4 is 22.2 Å². The molecule has 0 unspecified atom stereocenters. The summed E-state index contributed by atoms with van der Waals surface area (Å²) in [6.45, 7) is 0. The van der Waals surface area contributed by atoms with Gasteiger partial charge >= 0.3 is 0 Å². The Hall–Kier alpha value is -1.48. The Labute approximate surface area is 101 Å². The Morgan fingerprint density at radius 2 is 1.62 bits per heavy atom.